The van der Waals surface area contributed by atoms with Crippen molar-refractivity contribution in [3.8, 4) is 0 Å². The Morgan fingerprint density at radius 1 is 1.29 bits per heavy atom. The van der Waals surface area contributed by atoms with Crippen LogP contribution in [0.25, 0.3) is 0 Å². The van der Waals surface area contributed by atoms with Crippen molar-refractivity contribution in [2.45, 2.75) is 13.0 Å². The fraction of sp³-hybridized carbons (Fsp3) is 0.273. The molecule has 0 unspecified atom stereocenters. The van der Waals surface area contributed by atoms with Crippen molar-refractivity contribution in [3.63, 3.8) is 0 Å². The average Bonchev–Trinajstić information content (AvgIpc) is 2.27. The lowest BCUT2D eigenvalue weighted by Gasteiger charge is -2.11. The molecule has 0 radical (unpaired) electrons. The Labute approximate surface area is 106 Å². The number of hydrogen-bond donors (Lipinski definition) is 3. The van der Waals surface area contributed by atoms with E-state index in [2.05, 4.69) is 10.6 Å². The van der Waals surface area contributed by atoms with Crippen LogP contribution in [0.2, 0.25) is 0 Å². The van der Waals surface area contributed by atoms with Crippen LogP contribution in [0.5, 0.6) is 0 Å². The Morgan fingerprint density at radius 3 is 2.41 bits per heavy atom. The molecule has 4 N–H and O–H groups in total. The van der Waals surface area contributed by atoms with Crippen LogP contribution < -0.4 is 16.4 Å². The third-order valence-electron chi connectivity index (χ3n) is 2.03. The van der Waals surface area contributed by atoms with Crippen molar-refractivity contribution in [1.82, 2.24) is 5.32 Å². The SMILES string of the molecule is C[C@H](NC(=O)CNc1ccccc1)C(N)=O.Cl. The third kappa shape index (κ3) is 5.77. The molecule has 0 aliphatic rings. The summed E-state index contributed by atoms with van der Waals surface area (Å²) in [6.45, 7) is 1.66. The number of carbonyl (C=O) groups excluding carboxylic acids is 2. The zero-order valence-electron chi connectivity index (χ0n) is 9.47. The Bertz CT molecular complexity index is 370. The maximum atomic E-state index is 11.3. The summed E-state index contributed by atoms with van der Waals surface area (Å²) in [6.07, 6.45) is 0. The van der Waals surface area contributed by atoms with Gasteiger partial charge in [0, 0.05) is 5.69 Å². The number of primary amides is 1. The molecule has 17 heavy (non-hydrogen) atoms. The Balaban J connectivity index is 0.00000256. The van der Waals surface area contributed by atoms with E-state index in [1.807, 2.05) is 30.3 Å². The Kier molecular flexibility index (Phi) is 6.74. The van der Waals surface area contributed by atoms with Gasteiger partial charge in [0.1, 0.15) is 6.04 Å². The lowest BCUT2D eigenvalue weighted by Crippen LogP contribution is -2.44. The van der Waals surface area contributed by atoms with Gasteiger partial charge in [-0.3, -0.25) is 9.59 Å². The molecule has 0 aliphatic heterocycles. The number of carbonyl (C=O) groups is 2. The van der Waals surface area contributed by atoms with E-state index in [1.54, 1.807) is 6.92 Å². The second-order valence-corrected chi connectivity index (χ2v) is 3.41. The molecular weight excluding hydrogens is 242 g/mol. The highest BCUT2D eigenvalue weighted by Gasteiger charge is 2.11. The maximum Gasteiger partial charge on any atom is 0.239 e. The van der Waals surface area contributed by atoms with E-state index < -0.39 is 11.9 Å². The largest absolute Gasteiger partial charge is 0.376 e. The first-order valence-corrected chi connectivity index (χ1v) is 4.97. The van der Waals surface area contributed by atoms with Gasteiger partial charge in [0.05, 0.1) is 6.54 Å². The lowest BCUT2D eigenvalue weighted by molar-refractivity contribution is -0.126. The van der Waals surface area contributed by atoms with Crippen molar-refractivity contribution in [1.29, 1.82) is 0 Å². The fourth-order valence-electron chi connectivity index (χ4n) is 1.10. The van der Waals surface area contributed by atoms with Crippen LogP contribution in [0.3, 0.4) is 0 Å². The first-order chi connectivity index (χ1) is 7.59. The molecule has 5 nitrogen and oxygen atoms in total. The molecule has 0 spiro atoms. The second-order valence-electron chi connectivity index (χ2n) is 3.41. The summed E-state index contributed by atoms with van der Waals surface area (Å²) < 4.78 is 0. The van der Waals surface area contributed by atoms with E-state index in [0.717, 1.165) is 5.69 Å². The number of anilines is 1. The summed E-state index contributed by atoms with van der Waals surface area (Å²) in [5.41, 5.74) is 5.87. The molecule has 0 saturated heterocycles. The molecule has 0 aliphatic carbocycles. The van der Waals surface area contributed by atoms with E-state index >= 15 is 0 Å². The quantitative estimate of drug-likeness (QED) is 0.719. The van der Waals surface area contributed by atoms with Crippen LogP contribution in [-0.2, 0) is 9.59 Å². The Hall–Kier alpha value is -1.75. The van der Waals surface area contributed by atoms with Crippen LogP contribution in [-0.4, -0.2) is 24.4 Å². The highest BCUT2D eigenvalue weighted by molar-refractivity contribution is 5.88. The van der Waals surface area contributed by atoms with Gasteiger partial charge in [0.15, 0.2) is 0 Å². The van der Waals surface area contributed by atoms with Gasteiger partial charge in [-0.1, -0.05) is 18.2 Å². The van der Waals surface area contributed by atoms with Crippen LogP contribution in [0.4, 0.5) is 5.69 Å². The molecule has 1 rings (SSSR count). The summed E-state index contributed by atoms with van der Waals surface area (Å²) in [4.78, 5) is 22.0. The number of benzene rings is 1. The smallest absolute Gasteiger partial charge is 0.239 e. The van der Waals surface area contributed by atoms with Crippen molar-refractivity contribution in [3.05, 3.63) is 30.3 Å². The summed E-state index contributed by atoms with van der Waals surface area (Å²) in [5.74, 6) is -0.816. The van der Waals surface area contributed by atoms with Crippen LogP contribution >= 0.6 is 12.4 Å². The number of amides is 2. The van der Waals surface area contributed by atoms with E-state index in [9.17, 15) is 9.59 Å². The monoisotopic (exact) mass is 257 g/mol. The highest BCUT2D eigenvalue weighted by atomic mass is 35.5. The van der Waals surface area contributed by atoms with E-state index in [4.69, 9.17) is 5.73 Å². The molecule has 1 atom stereocenters. The van der Waals surface area contributed by atoms with Crippen LogP contribution in [0.1, 0.15) is 6.92 Å². The van der Waals surface area contributed by atoms with Crippen molar-refractivity contribution >= 4 is 29.9 Å². The molecule has 0 heterocycles. The van der Waals surface area contributed by atoms with Crippen molar-refractivity contribution in [2.75, 3.05) is 11.9 Å². The normalized spacial score (nSPS) is 10.9. The maximum absolute atomic E-state index is 11.3. The molecule has 0 fully saturated rings. The van der Waals surface area contributed by atoms with Gasteiger partial charge < -0.3 is 16.4 Å². The fourth-order valence-corrected chi connectivity index (χ4v) is 1.10. The average molecular weight is 258 g/mol. The topological polar surface area (TPSA) is 84.2 Å². The van der Waals surface area contributed by atoms with Gasteiger partial charge in [-0.25, -0.2) is 0 Å². The molecule has 0 saturated carbocycles. The molecule has 6 heteroatoms. The molecule has 0 bridgehead atoms. The summed E-state index contributed by atoms with van der Waals surface area (Å²) in [5, 5.41) is 5.40. The van der Waals surface area contributed by atoms with Crippen LogP contribution in [0, 0.1) is 0 Å². The predicted octanol–water partition coefficient (Wildman–Crippen LogP) is 0.510. The van der Waals surface area contributed by atoms with E-state index in [0.29, 0.717) is 0 Å². The van der Waals surface area contributed by atoms with Crippen LogP contribution in [0.15, 0.2) is 30.3 Å². The number of hydrogen-bond acceptors (Lipinski definition) is 3. The summed E-state index contributed by atoms with van der Waals surface area (Å²) in [6, 6.07) is 8.68. The highest BCUT2D eigenvalue weighted by Crippen LogP contribution is 2.03. The van der Waals surface area contributed by atoms with Gasteiger partial charge in [0.2, 0.25) is 11.8 Å². The molecule has 0 aromatic heterocycles. The van der Waals surface area contributed by atoms with Gasteiger partial charge in [-0.15, -0.1) is 12.4 Å². The number of rotatable bonds is 5. The first-order valence-electron chi connectivity index (χ1n) is 4.97. The predicted molar refractivity (Wildman–Crippen MR) is 69.0 cm³/mol. The number of nitrogens with one attached hydrogen (secondary N) is 2. The van der Waals surface area contributed by atoms with Gasteiger partial charge in [-0.05, 0) is 19.1 Å². The minimum Gasteiger partial charge on any atom is -0.376 e. The zero-order chi connectivity index (χ0) is 12.0. The number of para-hydroxylation sites is 1. The lowest BCUT2D eigenvalue weighted by atomic mass is 10.3. The van der Waals surface area contributed by atoms with Gasteiger partial charge in [-0.2, -0.15) is 0 Å². The molecule has 94 valence electrons. The third-order valence-corrected chi connectivity index (χ3v) is 2.03. The van der Waals surface area contributed by atoms with E-state index in [-0.39, 0.29) is 24.9 Å². The number of nitrogens with two attached hydrogens (primary N) is 1. The van der Waals surface area contributed by atoms with E-state index in [1.165, 1.54) is 0 Å². The van der Waals surface area contributed by atoms with Crippen molar-refractivity contribution < 1.29 is 9.59 Å². The Morgan fingerprint density at radius 2 is 1.88 bits per heavy atom. The molecule has 1 aromatic rings. The standard InChI is InChI=1S/C11H15N3O2.ClH/c1-8(11(12)16)14-10(15)7-13-9-5-3-2-4-6-9;/h2-6,8,13H,7H2,1H3,(H2,12,16)(H,14,15);1H/t8-;/m0./s1. The second kappa shape index (κ2) is 7.51. The van der Waals surface area contributed by atoms with Crippen molar-refractivity contribution in [2.24, 2.45) is 5.73 Å². The zero-order valence-corrected chi connectivity index (χ0v) is 10.3. The summed E-state index contributed by atoms with van der Waals surface area (Å²) in [7, 11) is 0. The first kappa shape index (κ1) is 15.2. The van der Waals surface area contributed by atoms with Gasteiger partial charge in [0.25, 0.3) is 0 Å². The minimum absolute atomic E-state index is 0. The van der Waals surface area contributed by atoms with Gasteiger partial charge >= 0.3 is 0 Å². The minimum atomic E-state index is -0.648. The molecular formula is C11H16ClN3O2. The molecule has 2 amide bonds. The summed E-state index contributed by atoms with van der Waals surface area (Å²) >= 11 is 0. The molecule has 1 aromatic carbocycles. The number of halogens is 1.